The van der Waals surface area contributed by atoms with Crippen LogP contribution in [0.25, 0.3) is 0 Å². The number of aliphatic hydroxyl groups is 1. The normalized spacial score (nSPS) is 14.7. The first-order chi connectivity index (χ1) is 8.49. The van der Waals surface area contributed by atoms with Crippen molar-refractivity contribution in [3.63, 3.8) is 0 Å². The highest BCUT2D eigenvalue weighted by atomic mass is 19.2. The number of hydrogen-bond donors (Lipinski definition) is 2. The Morgan fingerprint density at radius 2 is 2.17 bits per heavy atom. The molecule has 0 aliphatic rings. The van der Waals surface area contributed by atoms with Gasteiger partial charge in [0.2, 0.25) is 5.95 Å². The van der Waals surface area contributed by atoms with Crippen molar-refractivity contribution < 1.29 is 18.6 Å². The maximum absolute atomic E-state index is 12.7. The lowest BCUT2D eigenvalue weighted by molar-refractivity contribution is 0.189. The van der Waals surface area contributed by atoms with Gasteiger partial charge >= 0.3 is 0 Å². The van der Waals surface area contributed by atoms with Crippen LogP contribution in [0.1, 0.15) is 13.3 Å². The number of halogens is 2. The van der Waals surface area contributed by atoms with Gasteiger partial charge in [-0.3, -0.25) is 0 Å². The van der Waals surface area contributed by atoms with Crippen molar-refractivity contribution in [2.75, 3.05) is 26.8 Å². The summed E-state index contributed by atoms with van der Waals surface area (Å²) < 4.78 is 29.9. The van der Waals surface area contributed by atoms with Crippen LogP contribution in [0.3, 0.4) is 0 Å². The van der Waals surface area contributed by atoms with Crippen LogP contribution >= 0.6 is 0 Å². The number of aliphatic hydroxyl groups excluding tert-OH is 1. The van der Waals surface area contributed by atoms with Crippen molar-refractivity contribution in [1.29, 1.82) is 0 Å². The average molecular weight is 262 g/mol. The predicted octanol–water partition coefficient (Wildman–Crippen LogP) is 1.73. The summed E-state index contributed by atoms with van der Waals surface area (Å²) >= 11 is 0. The van der Waals surface area contributed by atoms with Gasteiger partial charge in [0.25, 0.3) is 0 Å². The zero-order chi connectivity index (χ0) is 14.0. The summed E-state index contributed by atoms with van der Waals surface area (Å²) in [4.78, 5) is 3.22. The van der Waals surface area contributed by atoms with E-state index in [0.29, 0.717) is 26.1 Å². The molecule has 0 rings (SSSR count). The highest BCUT2D eigenvalue weighted by Crippen LogP contribution is 2.09. The van der Waals surface area contributed by atoms with Gasteiger partial charge in [-0.25, -0.2) is 9.38 Å². The first-order valence-electron chi connectivity index (χ1n) is 5.61. The van der Waals surface area contributed by atoms with E-state index in [-0.39, 0.29) is 5.57 Å². The number of ether oxygens (including phenoxy) is 1. The number of nitrogens with zero attached hydrogens (tertiary/aromatic N) is 1. The zero-order valence-electron chi connectivity index (χ0n) is 10.7. The molecule has 0 radical (unpaired) electrons. The molecule has 4 nitrogen and oxygen atoms in total. The molecule has 0 spiro atoms. The van der Waals surface area contributed by atoms with Crippen LogP contribution in [0.4, 0.5) is 8.78 Å². The van der Waals surface area contributed by atoms with E-state index in [1.165, 1.54) is 0 Å². The van der Waals surface area contributed by atoms with E-state index in [1.807, 2.05) is 0 Å². The Hall–Kier alpha value is -1.11. The van der Waals surface area contributed by atoms with E-state index in [9.17, 15) is 13.9 Å². The van der Waals surface area contributed by atoms with E-state index < -0.39 is 17.9 Å². The topological polar surface area (TPSA) is 53.9 Å². The quantitative estimate of drug-likeness (QED) is 0.378. The SMILES string of the molecule is C=C(/C=N\C(F)=C(/C)F)[C@@H](O)CCNCCOC. The van der Waals surface area contributed by atoms with Crippen LogP contribution in [0, 0.1) is 0 Å². The molecule has 0 fully saturated rings. The van der Waals surface area contributed by atoms with Gasteiger partial charge < -0.3 is 15.2 Å². The van der Waals surface area contributed by atoms with Crippen LogP contribution in [0.2, 0.25) is 0 Å². The summed E-state index contributed by atoms with van der Waals surface area (Å²) in [6, 6.07) is 0. The molecule has 0 bridgehead atoms. The van der Waals surface area contributed by atoms with Crippen molar-refractivity contribution in [1.82, 2.24) is 5.32 Å². The number of rotatable bonds is 9. The summed E-state index contributed by atoms with van der Waals surface area (Å²) in [6.07, 6.45) is 0.601. The fourth-order valence-electron chi connectivity index (χ4n) is 1.04. The molecule has 0 heterocycles. The minimum atomic E-state index is -1.21. The molecular weight excluding hydrogens is 242 g/mol. The van der Waals surface area contributed by atoms with Gasteiger partial charge in [-0.1, -0.05) is 6.58 Å². The van der Waals surface area contributed by atoms with Crippen LogP contribution < -0.4 is 5.32 Å². The minimum Gasteiger partial charge on any atom is -0.388 e. The van der Waals surface area contributed by atoms with Gasteiger partial charge in [0.15, 0.2) is 5.83 Å². The largest absolute Gasteiger partial charge is 0.388 e. The molecule has 0 aliphatic heterocycles. The summed E-state index contributed by atoms with van der Waals surface area (Å²) in [7, 11) is 1.60. The highest BCUT2D eigenvalue weighted by molar-refractivity contribution is 5.79. The molecule has 18 heavy (non-hydrogen) atoms. The lowest BCUT2D eigenvalue weighted by Gasteiger charge is -2.10. The molecular formula is C12H20F2N2O2. The number of allylic oxidation sites excluding steroid dienone is 1. The van der Waals surface area contributed by atoms with E-state index in [0.717, 1.165) is 13.1 Å². The maximum Gasteiger partial charge on any atom is 0.244 e. The van der Waals surface area contributed by atoms with Gasteiger partial charge in [0.05, 0.1) is 12.7 Å². The lowest BCUT2D eigenvalue weighted by atomic mass is 10.1. The zero-order valence-corrected chi connectivity index (χ0v) is 10.7. The van der Waals surface area contributed by atoms with Crippen molar-refractivity contribution in [3.8, 4) is 0 Å². The molecule has 2 N–H and O–H groups in total. The summed E-state index contributed by atoms with van der Waals surface area (Å²) in [5, 5.41) is 12.7. The Kier molecular flexibility index (Phi) is 9.26. The second kappa shape index (κ2) is 9.87. The van der Waals surface area contributed by atoms with Gasteiger partial charge in [-0.05, 0) is 25.5 Å². The van der Waals surface area contributed by atoms with E-state index in [4.69, 9.17) is 4.74 Å². The third-order valence-corrected chi connectivity index (χ3v) is 2.13. The number of aliphatic imine (C=N–C) groups is 1. The number of methoxy groups -OCH3 is 1. The van der Waals surface area contributed by atoms with E-state index >= 15 is 0 Å². The molecule has 6 heteroatoms. The number of nitrogens with one attached hydrogen (secondary N) is 1. The Labute approximate surface area is 106 Å². The summed E-state index contributed by atoms with van der Waals surface area (Å²) in [5.41, 5.74) is 0.236. The molecule has 0 aromatic heterocycles. The fourth-order valence-corrected chi connectivity index (χ4v) is 1.04. The van der Waals surface area contributed by atoms with Gasteiger partial charge in [0, 0.05) is 19.9 Å². The molecule has 0 amide bonds. The van der Waals surface area contributed by atoms with Gasteiger partial charge in [-0.15, -0.1) is 0 Å². The Bertz CT molecular complexity index is 313. The standard InChI is InChI=1S/C12H20F2N2O2/c1-9(8-16-12(14)10(2)13)11(17)4-5-15-6-7-18-3/h8,11,15,17H,1,4-7H2,2-3H3/b12-10+,16-8-/t11-/m0/s1. The van der Waals surface area contributed by atoms with Crippen LogP contribution in [0.15, 0.2) is 28.9 Å². The monoisotopic (exact) mass is 262 g/mol. The smallest absolute Gasteiger partial charge is 0.244 e. The minimum absolute atomic E-state index is 0.236. The molecule has 0 aliphatic carbocycles. The molecule has 0 aromatic rings. The Morgan fingerprint density at radius 1 is 1.50 bits per heavy atom. The fraction of sp³-hybridized carbons (Fsp3) is 0.583. The molecule has 1 atom stereocenters. The average Bonchev–Trinajstić information content (AvgIpc) is 2.34. The molecule has 0 saturated carbocycles. The maximum atomic E-state index is 12.7. The highest BCUT2D eigenvalue weighted by Gasteiger charge is 2.06. The summed E-state index contributed by atoms with van der Waals surface area (Å²) in [5.74, 6) is -2.21. The predicted molar refractivity (Wildman–Crippen MR) is 67.9 cm³/mol. The lowest BCUT2D eigenvalue weighted by Crippen LogP contribution is -2.24. The first-order valence-corrected chi connectivity index (χ1v) is 5.61. The Morgan fingerprint density at radius 3 is 2.72 bits per heavy atom. The van der Waals surface area contributed by atoms with Crippen LogP contribution in [-0.2, 0) is 4.74 Å². The second-order valence-electron chi connectivity index (χ2n) is 3.70. The molecule has 0 aromatic carbocycles. The van der Waals surface area contributed by atoms with E-state index in [2.05, 4.69) is 16.9 Å². The van der Waals surface area contributed by atoms with Crippen molar-refractivity contribution in [3.05, 3.63) is 23.9 Å². The molecule has 104 valence electrons. The summed E-state index contributed by atoms with van der Waals surface area (Å²) in [6.45, 7) is 6.34. The molecule has 0 saturated heterocycles. The van der Waals surface area contributed by atoms with E-state index in [1.54, 1.807) is 7.11 Å². The van der Waals surface area contributed by atoms with Crippen LogP contribution in [0.5, 0.6) is 0 Å². The van der Waals surface area contributed by atoms with Crippen molar-refractivity contribution in [2.24, 2.45) is 4.99 Å². The third-order valence-electron chi connectivity index (χ3n) is 2.13. The van der Waals surface area contributed by atoms with Gasteiger partial charge in [0.1, 0.15) is 0 Å². The van der Waals surface area contributed by atoms with Crippen molar-refractivity contribution >= 4 is 6.21 Å². The number of hydrogen-bond acceptors (Lipinski definition) is 4. The third kappa shape index (κ3) is 8.05. The Balaban J connectivity index is 3.93. The molecule has 0 unspecified atom stereocenters. The van der Waals surface area contributed by atoms with Gasteiger partial charge in [-0.2, -0.15) is 4.39 Å². The van der Waals surface area contributed by atoms with Crippen molar-refractivity contribution in [2.45, 2.75) is 19.4 Å². The second-order valence-corrected chi connectivity index (χ2v) is 3.70. The first kappa shape index (κ1) is 16.9. The van der Waals surface area contributed by atoms with Crippen LogP contribution in [-0.4, -0.2) is 44.2 Å².